The molecule has 32 heavy (non-hydrogen) atoms. The lowest BCUT2D eigenvalue weighted by Crippen LogP contribution is -2.26. The summed E-state index contributed by atoms with van der Waals surface area (Å²) in [5, 5.41) is 10.9. The first-order chi connectivity index (χ1) is 15.7. The highest BCUT2D eigenvalue weighted by Crippen LogP contribution is 2.33. The molecule has 0 aromatic carbocycles. The summed E-state index contributed by atoms with van der Waals surface area (Å²) in [6, 6.07) is 6.30. The molecule has 4 N–H and O–H groups in total. The molecular weight excluding hydrogens is 404 g/mol. The summed E-state index contributed by atoms with van der Waals surface area (Å²) >= 11 is 0. The Morgan fingerprint density at radius 3 is 2.75 bits per heavy atom. The highest BCUT2D eigenvalue weighted by molar-refractivity contribution is 5.84. The summed E-state index contributed by atoms with van der Waals surface area (Å²) in [5.74, 6) is 2.04. The third-order valence-electron chi connectivity index (χ3n) is 5.73. The quantitative estimate of drug-likeness (QED) is 0.388. The summed E-state index contributed by atoms with van der Waals surface area (Å²) < 4.78 is 3.93. The van der Waals surface area contributed by atoms with E-state index in [1.165, 1.54) is 12.8 Å². The van der Waals surface area contributed by atoms with Crippen LogP contribution in [-0.2, 0) is 6.54 Å². The molecule has 1 atom stereocenters. The average Bonchev–Trinajstić information content (AvgIpc) is 3.57. The van der Waals surface area contributed by atoms with Crippen LogP contribution in [0.5, 0.6) is 0 Å². The van der Waals surface area contributed by atoms with Crippen LogP contribution in [0.3, 0.4) is 0 Å². The second kappa shape index (κ2) is 8.91. The molecule has 1 aliphatic carbocycles. The minimum atomic E-state index is 0.00447. The summed E-state index contributed by atoms with van der Waals surface area (Å²) in [6.45, 7) is 3.12. The van der Waals surface area contributed by atoms with Crippen LogP contribution in [0.4, 0.5) is 11.8 Å². The van der Waals surface area contributed by atoms with Gasteiger partial charge in [0.1, 0.15) is 0 Å². The van der Waals surface area contributed by atoms with Gasteiger partial charge in [-0.1, -0.05) is 18.9 Å². The maximum absolute atomic E-state index is 5.92. The molecule has 1 unspecified atom stereocenters. The Hall–Kier alpha value is -3.53. The van der Waals surface area contributed by atoms with Crippen LogP contribution in [0.1, 0.15) is 44.2 Å². The van der Waals surface area contributed by atoms with Crippen LogP contribution >= 0.6 is 0 Å². The SMILES string of the molecule is CC(N)CNc1nc(NCc2ccc(-n3cccn3)nc2)c2ncn(C3CCCC3)c2n1. The van der Waals surface area contributed by atoms with Crippen molar-refractivity contribution in [3.05, 3.63) is 48.7 Å². The first-order valence-corrected chi connectivity index (χ1v) is 11.1. The third kappa shape index (κ3) is 4.26. The predicted octanol–water partition coefficient (Wildman–Crippen LogP) is 2.89. The molecule has 4 aromatic rings. The van der Waals surface area contributed by atoms with Crippen LogP contribution < -0.4 is 16.4 Å². The summed E-state index contributed by atoms with van der Waals surface area (Å²) in [6.07, 6.45) is 12.2. The molecule has 10 heteroatoms. The lowest BCUT2D eigenvalue weighted by molar-refractivity contribution is 0.529. The maximum Gasteiger partial charge on any atom is 0.226 e. The van der Waals surface area contributed by atoms with Crippen molar-refractivity contribution >= 4 is 22.9 Å². The fraction of sp³-hybridized carbons (Fsp3) is 0.409. The lowest BCUT2D eigenvalue weighted by Gasteiger charge is -2.14. The lowest BCUT2D eigenvalue weighted by atomic mass is 10.2. The molecule has 1 saturated carbocycles. The normalized spacial score (nSPS) is 15.3. The number of anilines is 2. The fourth-order valence-electron chi connectivity index (χ4n) is 4.07. The van der Waals surface area contributed by atoms with Gasteiger partial charge < -0.3 is 20.9 Å². The molecule has 0 spiro atoms. The number of fused-ring (bicyclic) bond motifs is 1. The largest absolute Gasteiger partial charge is 0.364 e. The van der Waals surface area contributed by atoms with E-state index in [1.54, 1.807) is 10.9 Å². The van der Waals surface area contributed by atoms with E-state index in [2.05, 4.69) is 35.3 Å². The van der Waals surface area contributed by atoms with Crippen molar-refractivity contribution in [3.63, 3.8) is 0 Å². The van der Waals surface area contributed by atoms with Gasteiger partial charge in [0.25, 0.3) is 0 Å². The molecule has 4 aromatic heterocycles. The number of nitrogens with two attached hydrogens (primary N) is 1. The van der Waals surface area contributed by atoms with Crippen molar-refractivity contribution in [1.29, 1.82) is 0 Å². The second-order valence-corrected chi connectivity index (χ2v) is 8.35. The Morgan fingerprint density at radius 1 is 1.16 bits per heavy atom. The Labute approximate surface area is 186 Å². The van der Waals surface area contributed by atoms with Gasteiger partial charge >= 0.3 is 0 Å². The molecular formula is C22H28N10. The smallest absolute Gasteiger partial charge is 0.226 e. The van der Waals surface area contributed by atoms with Gasteiger partial charge in [-0.2, -0.15) is 15.1 Å². The Bertz CT molecular complexity index is 1160. The highest BCUT2D eigenvalue weighted by atomic mass is 15.3. The molecule has 1 fully saturated rings. The van der Waals surface area contributed by atoms with E-state index in [1.807, 2.05) is 43.8 Å². The van der Waals surface area contributed by atoms with Gasteiger partial charge in [-0.05, 0) is 37.5 Å². The van der Waals surface area contributed by atoms with Gasteiger partial charge in [0.05, 0.1) is 6.33 Å². The van der Waals surface area contributed by atoms with Crippen LogP contribution in [-0.4, -0.2) is 46.9 Å². The van der Waals surface area contributed by atoms with E-state index in [9.17, 15) is 0 Å². The van der Waals surface area contributed by atoms with E-state index in [4.69, 9.17) is 10.7 Å². The minimum Gasteiger partial charge on any atom is -0.364 e. The molecule has 0 aliphatic heterocycles. The summed E-state index contributed by atoms with van der Waals surface area (Å²) in [5.41, 5.74) is 8.59. The van der Waals surface area contributed by atoms with Crippen molar-refractivity contribution < 1.29 is 0 Å². The van der Waals surface area contributed by atoms with Crippen LogP contribution in [0.2, 0.25) is 0 Å². The van der Waals surface area contributed by atoms with Crippen molar-refractivity contribution in [1.82, 2.24) is 34.3 Å². The number of nitrogens with one attached hydrogen (secondary N) is 2. The minimum absolute atomic E-state index is 0.00447. The van der Waals surface area contributed by atoms with Gasteiger partial charge in [0.15, 0.2) is 22.8 Å². The molecule has 10 nitrogen and oxygen atoms in total. The molecule has 0 amide bonds. The number of hydrogen-bond acceptors (Lipinski definition) is 8. The number of nitrogens with zero attached hydrogens (tertiary/aromatic N) is 7. The van der Waals surface area contributed by atoms with Gasteiger partial charge in [-0.15, -0.1) is 0 Å². The van der Waals surface area contributed by atoms with Crippen molar-refractivity contribution in [2.24, 2.45) is 5.73 Å². The first kappa shape index (κ1) is 20.4. The molecule has 5 rings (SSSR count). The Morgan fingerprint density at radius 2 is 2.03 bits per heavy atom. The van der Waals surface area contributed by atoms with E-state index >= 15 is 0 Å². The molecule has 166 valence electrons. The van der Waals surface area contributed by atoms with Gasteiger partial charge in [0.2, 0.25) is 5.95 Å². The van der Waals surface area contributed by atoms with E-state index in [-0.39, 0.29) is 6.04 Å². The van der Waals surface area contributed by atoms with Gasteiger partial charge in [-0.25, -0.2) is 14.6 Å². The molecule has 4 heterocycles. The molecule has 1 aliphatic rings. The van der Waals surface area contributed by atoms with Crippen molar-refractivity contribution in [3.8, 4) is 5.82 Å². The third-order valence-corrected chi connectivity index (χ3v) is 5.73. The standard InChI is InChI=1S/C22H28N10/c1-15(23)11-26-22-29-20(19-21(30-22)31(14-27-19)17-5-2-3-6-17)25-13-16-7-8-18(24-12-16)32-10-4-9-28-32/h4,7-10,12,14-15,17H,2-3,5-6,11,13,23H2,1H3,(H2,25,26,29,30). The van der Waals surface area contributed by atoms with E-state index in [0.29, 0.717) is 30.9 Å². The number of aromatic nitrogens is 7. The van der Waals surface area contributed by atoms with Crippen LogP contribution in [0.25, 0.3) is 17.0 Å². The summed E-state index contributed by atoms with van der Waals surface area (Å²) in [4.78, 5) is 18.6. The average molecular weight is 433 g/mol. The Kier molecular flexibility index (Phi) is 5.68. The summed E-state index contributed by atoms with van der Waals surface area (Å²) in [7, 11) is 0. The second-order valence-electron chi connectivity index (χ2n) is 8.35. The monoisotopic (exact) mass is 432 g/mol. The van der Waals surface area contributed by atoms with Crippen molar-refractivity contribution in [2.75, 3.05) is 17.2 Å². The fourth-order valence-corrected chi connectivity index (χ4v) is 4.07. The molecule has 0 bridgehead atoms. The predicted molar refractivity (Wildman–Crippen MR) is 124 cm³/mol. The first-order valence-electron chi connectivity index (χ1n) is 11.1. The van der Waals surface area contributed by atoms with E-state index in [0.717, 1.165) is 35.4 Å². The Balaban J connectivity index is 1.40. The highest BCUT2D eigenvalue weighted by Gasteiger charge is 2.22. The van der Waals surface area contributed by atoms with Gasteiger partial charge in [0, 0.05) is 43.8 Å². The van der Waals surface area contributed by atoms with Crippen LogP contribution in [0.15, 0.2) is 43.1 Å². The zero-order valence-electron chi connectivity index (χ0n) is 18.1. The zero-order valence-corrected chi connectivity index (χ0v) is 18.1. The van der Waals surface area contributed by atoms with Crippen molar-refractivity contribution in [2.45, 2.75) is 51.2 Å². The molecule has 0 radical (unpaired) electrons. The maximum atomic E-state index is 5.92. The number of rotatable bonds is 8. The number of imidazole rings is 1. The molecule has 0 saturated heterocycles. The number of pyridine rings is 1. The van der Waals surface area contributed by atoms with E-state index < -0.39 is 0 Å². The van der Waals surface area contributed by atoms with Gasteiger partial charge in [-0.3, -0.25) is 0 Å². The number of hydrogen-bond donors (Lipinski definition) is 3. The van der Waals surface area contributed by atoms with Crippen LogP contribution in [0, 0.1) is 0 Å². The zero-order chi connectivity index (χ0) is 21.9. The topological polar surface area (TPSA) is 124 Å².